The van der Waals surface area contributed by atoms with Crippen molar-refractivity contribution in [3.05, 3.63) is 58.1 Å². The molecule has 0 aromatic heterocycles. The maximum atomic E-state index is 13.4. The molecule has 4 nitrogen and oxygen atoms in total. The van der Waals surface area contributed by atoms with Crippen molar-refractivity contribution < 1.29 is 22.6 Å². The highest BCUT2D eigenvalue weighted by atomic mass is 35.5. The van der Waals surface area contributed by atoms with Crippen LogP contribution in [0.15, 0.2) is 36.4 Å². The molecule has 0 saturated carbocycles. The molecule has 2 aromatic rings. The third-order valence-corrected chi connectivity index (χ3v) is 5.26. The number of nitrogens with one attached hydrogen (secondary N) is 1. The molecule has 1 N–H and O–H groups in total. The van der Waals surface area contributed by atoms with E-state index in [2.05, 4.69) is 10.2 Å². The highest BCUT2D eigenvalue weighted by molar-refractivity contribution is 6.31. The molecule has 29 heavy (non-hydrogen) atoms. The van der Waals surface area contributed by atoms with Crippen molar-refractivity contribution in [3.63, 3.8) is 0 Å². The van der Waals surface area contributed by atoms with Crippen molar-refractivity contribution in [2.75, 3.05) is 39.9 Å². The van der Waals surface area contributed by atoms with Gasteiger partial charge in [-0.25, -0.2) is 0 Å². The van der Waals surface area contributed by atoms with Crippen molar-refractivity contribution in [1.29, 1.82) is 0 Å². The first-order valence-electron chi connectivity index (χ1n) is 9.47. The van der Waals surface area contributed by atoms with Crippen LogP contribution >= 0.6 is 11.6 Å². The molecule has 0 bridgehead atoms. The summed E-state index contributed by atoms with van der Waals surface area (Å²) in [6, 6.07) is 9.28. The second kappa shape index (κ2) is 9.24. The lowest BCUT2D eigenvalue weighted by atomic mass is 9.94. The zero-order valence-electron chi connectivity index (χ0n) is 16.4. The van der Waals surface area contributed by atoms with Crippen LogP contribution in [-0.2, 0) is 6.18 Å². The van der Waals surface area contributed by atoms with E-state index in [9.17, 15) is 13.2 Å². The second-order valence-electron chi connectivity index (χ2n) is 6.77. The summed E-state index contributed by atoms with van der Waals surface area (Å²) in [6.07, 6.45) is -4.52. The molecule has 1 unspecified atom stereocenters. The van der Waals surface area contributed by atoms with E-state index in [1.165, 1.54) is 6.07 Å². The molecule has 0 aliphatic carbocycles. The predicted octanol–water partition coefficient (Wildman–Crippen LogP) is 4.76. The Morgan fingerprint density at radius 1 is 1.07 bits per heavy atom. The van der Waals surface area contributed by atoms with Gasteiger partial charge in [-0.3, -0.25) is 4.90 Å². The van der Waals surface area contributed by atoms with E-state index in [-0.39, 0.29) is 11.1 Å². The van der Waals surface area contributed by atoms with Crippen molar-refractivity contribution in [2.24, 2.45) is 0 Å². The van der Waals surface area contributed by atoms with E-state index in [1.54, 1.807) is 19.2 Å². The lowest BCUT2D eigenvalue weighted by Crippen LogP contribution is -2.45. The largest absolute Gasteiger partial charge is 0.493 e. The average Bonchev–Trinajstić information content (AvgIpc) is 2.70. The molecule has 1 aliphatic heterocycles. The van der Waals surface area contributed by atoms with Gasteiger partial charge >= 0.3 is 6.18 Å². The summed E-state index contributed by atoms with van der Waals surface area (Å²) in [5.41, 5.74) is 0.548. The van der Waals surface area contributed by atoms with E-state index < -0.39 is 11.7 Å². The molecule has 158 valence electrons. The smallest absolute Gasteiger partial charge is 0.417 e. The van der Waals surface area contributed by atoms with Gasteiger partial charge in [0.25, 0.3) is 0 Å². The number of ether oxygens (including phenoxy) is 2. The molecule has 3 rings (SSSR count). The number of nitrogens with zero attached hydrogens (tertiary/aromatic N) is 1. The average molecular weight is 429 g/mol. The standard InChI is InChI=1S/C21H24ClF3N2O2/c1-3-29-18-7-5-15(13-19(18)28-2)20(27-10-8-26-9-11-27)14-4-6-17(22)16(12-14)21(23,24)25/h4-7,12-13,20,26H,3,8-11H2,1-2H3. The van der Waals surface area contributed by atoms with Crippen LogP contribution in [0.2, 0.25) is 5.02 Å². The first kappa shape index (κ1) is 21.7. The number of piperazine rings is 1. The van der Waals surface area contributed by atoms with E-state index >= 15 is 0 Å². The van der Waals surface area contributed by atoms with Gasteiger partial charge in [0.2, 0.25) is 0 Å². The Kier molecular flexibility index (Phi) is 6.93. The highest BCUT2D eigenvalue weighted by Gasteiger charge is 2.35. The van der Waals surface area contributed by atoms with Crippen molar-refractivity contribution in [2.45, 2.75) is 19.1 Å². The Hall–Kier alpha value is -1.96. The maximum absolute atomic E-state index is 13.4. The molecule has 1 atom stereocenters. The summed E-state index contributed by atoms with van der Waals surface area (Å²) in [4.78, 5) is 2.16. The normalized spacial score (nSPS) is 16.5. The molecular weight excluding hydrogens is 405 g/mol. The molecule has 8 heteroatoms. The number of hydrogen-bond donors (Lipinski definition) is 1. The van der Waals surface area contributed by atoms with Crippen LogP contribution in [0.5, 0.6) is 11.5 Å². The molecule has 1 aliphatic rings. The maximum Gasteiger partial charge on any atom is 0.417 e. The summed E-state index contributed by atoms with van der Waals surface area (Å²) in [5, 5.41) is 2.98. The molecule has 0 spiro atoms. The predicted molar refractivity (Wildman–Crippen MR) is 107 cm³/mol. The number of alkyl halides is 3. The van der Waals surface area contributed by atoms with Gasteiger partial charge in [0, 0.05) is 26.2 Å². The number of methoxy groups -OCH3 is 1. The van der Waals surface area contributed by atoms with Crippen LogP contribution in [0.4, 0.5) is 13.2 Å². The summed E-state index contributed by atoms with van der Waals surface area (Å²) >= 11 is 5.84. The zero-order valence-corrected chi connectivity index (χ0v) is 17.1. The fourth-order valence-electron chi connectivity index (χ4n) is 3.61. The number of rotatable bonds is 6. The SMILES string of the molecule is CCOc1ccc(C(c2ccc(Cl)c(C(F)(F)F)c2)N2CCNCC2)cc1OC. The monoisotopic (exact) mass is 428 g/mol. The number of benzene rings is 2. The molecule has 2 aromatic carbocycles. The minimum Gasteiger partial charge on any atom is -0.493 e. The summed E-state index contributed by atoms with van der Waals surface area (Å²) in [7, 11) is 1.55. The molecule has 0 radical (unpaired) electrons. The summed E-state index contributed by atoms with van der Waals surface area (Å²) in [6.45, 7) is 5.33. The lowest BCUT2D eigenvalue weighted by Gasteiger charge is -2.36. The van der Waals surface area contributed by atoms with Crippen molar-refractivity contribution >= 4 is 11.6 Å². The third-order valence-electron chi connectivity index (χ3n) is 4.93. The van der Waals surface area contributed by atoms with Crippen LogP contribution in [0.25, 0.3) is 0 Å². The fraction of sp³-hybridized carbons (Fsp3) is 0.429. The van der Waals surface area contributed by atoms with Crippen LogP contribution in [0.3, 0.4) is 0 Å². The van der Waals surface area contributed by atoms with Gasteiger partial charge < -0.3 is 14.8 Å². The Morgan fingerprint density at radius 3 is 2.34 bits per heavy atom. The third kappa shape index (κ3) is 4.97. The number of hydrogen-bond acceptors (Lipinski definition) is 4. The van der Waals surface area contributed by atoms with Crippen molar-refractivity contribution in [3.8, 4) is 11.5 Å². The van der Waals surface area contributed by atoms with E-state index in [0.717, 1.165) is 24.7 Å². The Bertz CT molecular complexity index is 839. The summed E-state index contributed by atoms with van der Waals surface area (Å²) in [5.74, 6) is 1.15. The van der Waals surface area contributed by atoms with E-state index in [4.69, 9.17) is 21.1 Å². The van der Waals surface area contributed by atoms with Crippen LogP contribution < -0.4 is 14.8 Å². The van der Waals surface area contributed by atoms with Gasteiger partial charge in [-0.15, -0.1) is 0 Å². The first-order valence-corrected chi connectivity index (χ1v) is 9.85. The lowest BCUT2D eigenvalue weighted by molar-refractivity contribution is -0.137. The Labute approximate surface area is 173 Å². The van der Waals surface area contributed by atoms with Crippen molar-refractivity contribution in [1.82, 2.24) is 10.2 Å². The molecule has 1 heterocycles. The zero-order chi connectivity index (χ0) is 21.0. The molecule has 0 amide bonds. The summed E-state index contributed by atoms with van der Waals surface area (Å²) < 4.78 is 51.4. The number of halogens is 4. The Balaban J connectivity index is 2.09. The van der Waals surface area contributed by atoms with Gasteiger partial charge in [0.1, 0.15) is 0 Å². The van der Waals surface area contributed by atoms with Gasteiger partial charge in [0.05, 0.1) is 30.3 Å². The van der Waals surface area contributed by atoms with Crippen LogP contribution in [0, 0.1) is 0 Å². The van der Waals surface area contributed by atoms with Gasteiger partial charge in [-0.2, -0.15) is 13.2 Å². The Morgan fingerprint density at radius 2 is 1.72 bits per heavy atom. The van der Waals surface area contributed by atoms with Gasteiger partial charge in [0.15, 0.2) is 11.5 Å². The topological polar surface area (TPSA) is 33.7 Å². The van der Waals surface area contributed by atoms with Crippen LogP contribution in [0.1, 0.15) is 29.7 Å². The fourth-order valence-corrected chi connectivity index (χ4v) is 3.84. The molecular formula is C21H24ClF3N2O2. The minimum absolute atomic E-state index is 0.301. The van der Waals surface area contributed by atoms with Gasteiger partial charge in [-0.1, -0.05) is 23.7 Å². The minimum atomic E-state index is -4.52. The van der Waals surface area contributed by atoms with E-state index in [1.807, 2.05) is 19.1 Å². The second-order valence-corrected chi connectivity index (χ2v) is 7.18. The van der Waals surface area contributed by atoms with E-state index in [0.29, 0.717) is 36.8 Å². The van der Waals surface area contributed by atoms with Crippen LogP contribution in [-0.4, -0.2) is 44.8 Å². The quantitative estimate of drug-likeness (QED) is 0.719. The first-order chi connectivity index (χ1) is 13.8. The molecule has 1 fully saturated rings. The molecule has 1 saturated heterocycles. The van der Waals surface area contributed by atoms with Gasteiger partial charge in [-0.05, 0) is 42.3 Å². The highest BCUT2D eigenvalue weighted by Crippen LogP contribution is 2.40.